The van der Waals surface area contributed by atoms with Gasteiger partial charge in [0.15, 0.2) is 0 Å². The van der Waals surface area contributed by atoms with Crippen LogP contribution in [0.5, 0.6) is 0 Å². The minimum atomic E-state index is 0.666. The van der Waals surface area contributed by atoms with E-state index in [-0.39, 0.29) is 0 Å². The van der Waals surface area contributed by atoms with Gasteiger partial charge in [0.1, 0.15) is 0 Å². The molecule has 0 aromatic carbocycles. The summed E-state index contributed by atoms with van der Waals surface area (Å²) in [5.74, 6) is 0. The normalized spacial score (nSPS) is 11.6. The average Bonchev–Trinajstić information content (AvgIpc) is 2.70. The lowest BCUT2D eigenvalue weighted by molar-refractivity contribution is 0.316. The quantitative estimate of drug-likeness (QED) is 0.779. The van der Waals surface area contributed by atoms with E-state index in [2.05, 4.69) is 37.2 Å². The van der Waals surface area contributed by atoms with Crippen LogP contribution in [0, 0.1) is 0 Å². The second kappa shape index (κ2) is 8.09. The van der Waals surface area contributed by atoms with Crippen LogP contribution in [0.3, 0.4) is 0 Å². The first-order valence-electron chi connectivity index (χ1n) is 6.31. The molecule has 0 saturated heterocycles. The van der Waals surface area contributed by atoms with Crippen LogP contribution in [0.4, 0.5) is 0 Å². The van der Waals surface area contributed by atoms with Crippen molar-refractivity contribution >= 4 is 22.9 Å². The Balaban J connectivity index is 2.19. The third-order valence-corrected chi connectivity index (χ3v) is 4.18. The Morgan fingerprint density at radius 2 is 2.06 bits per heavy atom. The summed E-state index contributed by atoms with van der Waals surface area (Å²) in [6.07, 6.45) is 2.42. The van der Waals surface area contributed by atoms with Crippen LogP contribution in [0.1, 0.15) is 31.6 Å². The Hall–Kier alpha value is -0.0900. The Morgan fingerprint density at radius 1 is 1.35 bits per heavy atom. The summed E-state index contributed by atoms with van der Waals surface area (Å²) in [5.41, 5.74) is 0. The molecular formula is C13H23ClN2S. The van der Waals surface area contributed by atoms with Crippen molar-refractivity contribution in [3.8, 4) is 0 Å². The van der Waals surface area contributed by atoms with E-state index in [4.69, 9.17) is 11.6 Å². The van der Waals surface area contributed by atoms with Crippen molar-refractivity contribution in [2.24, 2.45) is 0 Å². The maximum absolute atomic E-state index is 5.92. The largest absolute Gasteiger partial charge is 0.313 e. The predicted octanol–water partition coefficient (Wildman–Crippen LogP) is 3.61. The van der Waals surface area contributed by atoms with Gasteiger partial charge in [-0.25, -0.2) is 0 Å². The molecule has 4 heteroatoms. The molecule has 1 N–H and O–H groups in total. The molecule has 0 spiro atoms. The Bertz CT molecular complexity index is 310. The molecule has 0 aliphatic heterocycles. The molecule has 0 saturated carbocycles. The van der Waals surface area contributed by atoms with Gasteiger partial charge in [0.25, 0.3) is 0 Å². The second-order valence-electron chi connectivity index (χ2n) is 4.41. The number of nitrogens with one attached hydrogen (secondary N) is 1. The van der Waals surface area contributed by atoms with Gasteiger partial charge >= 0.3 is 0 Å². The van der Waals surface area contributed by atoms with Crippen LogP contribution in [0.15, 0.2) is 12.1 Å². The van der Waals surface area contributed by atoms with E-state index in [1.165, 1.54) is 17.7 Å². The summed E-state index contributed by atoms with van der Waals surface area (Å²) in [6, 6.07) is 4.75. The summed E-state index contributed by atoms with van der Waals surface area (Å²) in [6.45, 7) is 7.59. The lowest BCUT2D eigenvalue weighted by Gasteiger charge is -2.19. The van der Waals surface area contributed by atoms with Crippen molar-refractivity contribution in [2.75, 3.05) is 20.1 Å². The number of hydrogen-bond donors (Lipinski definition) is 1. The fourth-order valence-corrected chi connectivity index (χ4v) is 2.99. The van der Waals surface area contributed by atoms with Crippen molar-refractivity contribution < 1.29 is 0 Å². The third-order valence-electron chi connectivity index (χ3n) is 2.97. The molecular weight excluding hydrogens is 252 g/mol. The SMILES string of the molecule is CCC(CC)NCCN(C)Cc1ccc(Cl)s1. The van der Waals surface area contributed by atoms with Crippen LogP contribution in [-0.4, -0.2) is 31.1 Å². The third kappa shape index (κ3) is 5.87. The van der Waals surface area contributed by atoms with Crippen LogP contribution in [0.25, 0.3) is 0 Å². The summed E-state index contributed by atoms with van der Waals surface area (Å²) >= 11 is 7.58. The first-order valence-corrected chi connectivity index (χ1v) is 7.51. The van der Waals surface area contributed by atoms with Gasteiger partial charge in [-0.1, -0.05) is 25.4 Å². The fourth-order valence-electron chi connectivity index (χ4n) is 1.82. The molecule has 0 amide bonds. The highest BCUT2D eigenvalue weighted by atomic mass is 35.5. The summed E-state index contributed by atoms with van der Waals surface area (Å²) in [5, 5.41) is 3.58. The van der Waals surface area contributed by atoms with Crippen molar-refractivity contribution in [1.29, 1.82) is 0 Å². The monoisotopic (exact) mass is 274 g/mol. The fraction of sp³-hybridized carbons (Fsp3) is 0.692. The van der Waals surface area contributed by atoms with Crippen molar-refractivity contribution in [3.05, 3.63) is 21.3 Å². The summed E-state index contributed by atoms with van der Waals surface area (Å²) in [7, 11) is 2.15. The molecule has 1 heterocycles. The smallest absolute Gasteiger partial charge is 0.0931 e. The number of halogens is 1. The van der Waals surface area contributed by atoms with E-state index in [9.17, 15) is 0 Å². The second-order valence-corrected chi connectivity index (χ2v) is 6.21. The number of likely N-dealkylation sites (N-methyl/N-ethyl adjacent to an activating group) is 1. The molecule has 0 aliphatic rings. The van der Waals surface area contributed by atoms with Crippen molar-refractivity contribution in [1.82, 2.24) is 10.2 Å². The van der Waals surface area contributed by atoms with Gasteiger partial charge in [0.2, 0.25) is 0 Å². The molecule has 1 rings (SSSR count). The lowest BCUT2D eigenvalue weighted by Crippen LogP contribution is -2.34. The first kappa shape index (κ1) is 15.0. The van der Waals surface area contributed by atoms with Gasteiger partial charge in [-0.15, -0.1) is 11.3 Å². The first-order chi connectivity index (χ1) is 8.15. The van der Waals surface area contributed by atoms with Crippen molar-refractivity contribution in [3.63, 3.8) is 0 Å². The van der Waals surface area contributed by atoms with E-state index in [1.807, 2.05) is 6.07 Å². The standard InChI is InChI=1S/C13H23ClN2S/c1-4-11(5-2)15-8-9-16(3)10-12-6-7-13(14)17-12/h6-7,11,15H,4-5,8-10H2,1-3H3. The molecule has 0 unspecified atom stereocenters. The number of rotatable bonds is 8. The molecule has 2 nitrogen and oxygen atoms in total. The average molecular weight is 275 g/mol. The highest BCUT2D eigenvalue weighted by molar-refractivity contribution is 7.16. The van der Waals surface area contributed by atoms with Crippen LogP contribution >= 0.6 is 22.9 Å². The van der Waals surface area contributed by atoms with E-state index < -0.39 is 0 Å². The zero-order chi connectivity index (χ0) is 12.7. The van der Waals surface area contributed by atoms with Gasteiger partial charge in [0.05, 0.1) is 4.34 Å². The lowest BCUT2D eigenvalue weighted by atomic mass is 10.2. The molecule has 0 atom stereocenters. The van der Waals surface area contributed by atoms with Crippen molar-refractivity contribution in [2.45, 2.75) is 39.3 Å². The highest BCUT2D eigenvalue weighted by Gasteiger charge is 2.05. The van der Waals surface area contributed by atoms with Gasteiger partial charge in [-0.2, -0.15) is 0 Å². The van der Waals surface area contributed by atoms with E-state index in [0.717, 1.165) is 24.0 Å². The van der Waals surface area contributed by atoms with Crippen LogP contribution in [0.2, 0.25) is 4.34 Å². The molecule has 17 heavy (non-hydrogen) atoms. The number of nitrogens with zero attached hydrogens (tertiary/aromatic N) is 1. The molecule has 1 aromatic heterocycles. The number of hydrogen-bond acceptors (Lipinski definition) is 3. The van der Waals surface area contributed by atoms with E-state index in [0.29, 0.717) is 6.04 Å². The van der Waals surface area contributed by atoms with E-state index in [1.54, 1.807) is 11.3 Å². The minimum Gasteiger partial charge on any atom is -0.313 e. The summed E-state index contributed by atoms with van der Waals surface area (Å²) < 4.78 is 0.878. The molecule has 1 aromatic rings. The van der Waals surface area contributed by atoms with E-state index >= 15 is 0 Å². The van der Waals surface area contributed by atoms with Gasteiger partial charge in [-0.05, 0) is 32.0 Å². The Labute approximate surface area is 114 Å². The minimum absolute atomic E-state index is 0.666. The molecule has 0 aliphatic carbocycles. The van der Waals surface area contributed by atoms with Gasteiger partial charge < -0.3 is 10.2 Å². The number of thiophene rings is 1. The molecule has 98 valence electrons. The maximum atomic E-state index is 5.92. The predicted molar refractivity (Wildman–Crippen MR) is 78.0 cm³/mol. The Morgan fingerprint density at radius 3 is 2.59 bits per heavy atom. The van der Waals surface area contributed by atoms with Crippen LogP contribution < -0.4 is 5.32 Å². The Kier molecular flexibility index (Phi) is 7.12. The zero-order valence-electron chi connectivity index (χ0n) is 11.0. The maximum Gasteiger partial charge on any atom is 0.0931 e. The van der Waals surface area contributed by atoms with Gasteiger partial charge in [-0.3, -0.25) is 0 Å². The summed E-state index contributed by atoms with van der Waals surface area (Å²) in [4.78, 5) is 3.66. The molecule has 0 bridgehead atoms. The molecule has 0 fully saturated rings. The highest BCUT2D eigenvalue weighted by Crippen LogP contribution is 2.22. The van der Waals surface area contributed by atoms with Gasteiger partial charge in [0, 0.05) is 30.6 Å². The topological polar surface area (TPSA) is 15.3 Å². The zero-order valence-corrected chi connectivity index (χ0v) is 12.6. The van der Waals surface area contributed by atoms with Crippen LogP contribution in [-0.2, 0) is 6.54 Å². The molecule has 0 radical (unpaired) electrons.